The summed E-state index contributed by atoms with van der Waals surface area (Å²) in [6, 6.07) is 3.67. The van der Waals surface area contributed by atoms with Crippen molar-refractivity contribution in [2.45, 2.75) is 20.4 Å². The highest BCUT2D eigenvalue weighted by Gasteiger charge is 2.20. The molecule has 1 fully saturated rings. The number of guanidine groups is 1. The van der Waals surface area contributed by atoms with E-state index in [1.165, 1.54) is 0 Å². The maximum Gasteiger partial charge on any atom is 0.216 e. The van der Waals surface area contributed by atoms with Crippen LogP contribution in [-0.4, -0.2) is 70.7 Å². The molecule has 26 heavy (non-hydrogen) atoms. The molecule has 1 aliphatic rings. The molecule has 9 heteroatoms. The zero-order valence-corrected chi connectivity index (χ0v) is 17.9. The van der Waals surface area contributed by atoms with E-state index in [0.717, 1.165) is 44.5 Å². The van der Waals surface area contributed by atoms with Crippen LogP contribution in [0.1, 0.15) is 19.7 Å². The third kappa shape index (κ3) is 5.44. The standard InChI is InChI=1S/C17H27N7O.HI/c1-13(2)12-23-6-8-24(9-7-23)17(18-3)19-11-15-20-16(22-21-15)14-5-4-10-25-14;/h4-5,10,13H,6-9,11-12H2,1-3H3,(H,18,19)(H,20,21,22);1H. The molecule has 0 atom stereocenters. The van der Waals surface area contributed by atoms with Gasteiger partial charge in [-0.2, -0.15) is 0 Å². The summed E-state index contributed by atoms with van der Waals surface area (Å²) < 4.78 is 5.31. The first-order valence-corrected chi connectivity index (χ1v) is 8.79. The van der Waals surface area contributed by atoms with Gasteiger partial charge < -0.3 is 14.6 Å². The molecule has 144 valence electrons. The van der Waals surface area contributed by atoms with Crippen LogP contribution in [-0.2, 0) is 6.54 Å². The van der Waals surface area contributed by atoms with E-state index in [9.17, 15) is 0 Å². The highest BCUT2D eigenvalue weighted by molar-refractivity contribution is 14.0. The smallest absolute Gasteiger partial charge is 0.216 e. The van der Waals surface area contributed by atoms with Crippen LogP contribution < -0.4 is 5.32 Å². The van der Waals surface area contributed by atoms with Crippen LogP contribution in [0.4, 0.5) is 0 Å². The fraction of sp³-hybridized carbons (Fsp3) is 0.588. The molecular formula is C17H28IN7O. The Kier molecular flexibility index (Phi) is 7.88. The first kappa shape index (κ1) is 20.7. The van der Waals surface area contributed by atoms with E-state index in [4.69, 9.17) is 4.42 Å². The Labute approximate surface area is 171 Å². The van der Waals surface area contributed by atoms with Gasteiger partial charge in [0, 0.05) is 39.8 Å². The van der Waals surface area contributed by atoms with E-state index in [2.05, 4.69) is 49.1 Å². The maximum absolute atomic E-state index is 5.31. The van der Waals surface area contributed by atoms with Gasteiger partial charge in [0.15, 0.2) is 11.7 Å². The summed E-state index contributed by atoms with van der Waals surface area (Å²) in [4.78, 5) is 13.7. The number of nitrogens with zero attached hydrogens (tertiary/aromatic N) is 5. The van der Waals surface area contributed by atoms with E-state index >= 15 is 0 Å². The third-order valence-electron chi connectivity index (χ3n) is 4.19. The van der Waals surface area contributed by atoms with Gasteiger partial charge in [0.2, 0.25) is 5.82 Å². The Morgan fingerprint density at radius 3 is 2.73 bits per heavy atom. The lowest BCUT2D eigenvalue weighted by Gasteiger charge is -2.37. The molecule has 0 spiro atoms. The van der Waals surface area contributed by atoms with Crippen molar-refractivity contribution in [3.63, 3.8) is 0 Å². The second kappa shape index (κ2) is 9.91. The van der Waals surface area contributed by atoms with Crippen LogP contribution in [0.25, 0.3) is 11.6 Å². The number of aromatic nitrogens is 3. The number of rotatable bonds is 5. The van der Waals surface area contributed by atoms with Crippen LogP contribution in [0.2, 0.25) is 0 Å². The molecule has 1 saturated heterocycles. The van der Waals surface area contributed by atoms with E-state index in [1.54, 1.807) is 6.26 Å². The first-order valence-electron chi connectivity index (χ1n) is 8.79. The molecule has 0 bridgehead atoms. The van der Waals surface area contributed by atoms with Crippen molar-refractivity contribution in [2.75, 3.05) is 39.8 Å². The summed E-state index contributed by atoms with van der Waals surface area (Å²) >= 11 is 0. The molecule has 0 aromatic carbocycles. The van der Waals surface area contributed by atoms with Crippen LogP contribution in [0.3, 0.4) is 0 Å². The minimum absolute atomic E-state index is 0. The zero-order chi connectivity index (χ0) is 17.6. The molecular weight excluding hydrogens is 445 g/mol. The van der Waals surface area contributed by atoms with E-state index in [0.29, 0.717) is 24.0 Å². The number of aliphatic imine (C=N–C) groups is 1. The Morgan fingerprint density at radius 2 is 2.12 bits per heavy atom. The fourth-order valence-electron chi connectivity index (χ4n) is 3.04. The molecule has 0 unspecified atom stereocenters. The van der Waals surface area contributed by atoms with Gasteiger partial charge in [-0.25, -0.2) is 4.98 Å². The van der Waals surface area contributed by atoms with Crippen molar-refractivity contribution < 1.29 is 4.42 Å². The Balaban J connectivity index is 0.00000243. The van der Waals surface area contributed by atoms with Crippen molar-refractivity contribution in [2.24, 2.45) is 10.9 Å². The Morgan fingerprint density at radius 1 is 1.35 bits per heavy atom. The van der Waals surface area contributed by atoms with E-state index in [1.807, 2.05) is 19.2 Å². The summed E-state index contributed by atoms with van der Waals surface area (Å²) in [6.07, 6.45) is 1.62. The van der Waals surface area contributed by atoms with Gasteiger partial charge in [-0.3, -0.25) is 15.0 Å². The van der Waals surface area contributed by atoms with Crippen molar-refractivity contribution in [3.05, 3.63) is 24.2 Å². The minimum Gasteiger partial charge on any atom is -0.461 e. The quantitative estimate of drug-likeness (QED) is 0.393. The van der Waals surface area contributed by atoms with Crippen molar-refractivity contribution in [3.8, 4) is 11.6 Å². The molecule has 3 heterocycles. The molecule has 0 radical (unpaired) electrons. The monoisotopic (exact) mass is 473 g/mol. The predicted molar refractivity (Wildman–Crippen MR) is 113 cm³/mol. The fourth-order valence-corrected chi connectivity index (χ4v) is 3.04. The average molecular weight is 473 g/mol. The first-order chi connectivity index (χ1) is 12.2. The molecule has 0 aliphatic carbocycles. The van der Waals surface area contributed by atoms with Crippen LogP contribution >= 0.6 is 24.0 Å². The van der Waals surface area contributed by atoms with Crippen molar-refractivity contribution in [1.82, 2.24) is 30.3 Å². The highest BCUT2D eigenvalue weighted by atomic mass is 127. The highest BCUT2D eigenvalue weighted by Crippen LogP contribution is 2.14. The average Bonchev–Trinajstić information content (AvgIpc) is 3.27. The summed E-state index contributed by atoms with van der Waals surface area (Å²) in [5, 5.41) is 10.5. The summed E-state index contributed by atoms with van der Waals surface area (Å²) in [5.41, 5.74) is 0. The largest absolute Gasteiger partial charge is 0.461 e. The van der Waals surface area contributed by atoms with Gasteiger partial charge in [-0.05, 0) is 18.1 Å². The lowest BCUT2D eigenvalue weighted by molar-refractivity contribution is 0.164. The van der Waals surface area contributed by atoms with E-state index < -0.39 is 0 Å². The predicted octanol–water partition coefficient (Wildman–Crippen LogP) is 2.03. The Bertz CT molecular complexity index is 675. The van der Waals surface area contributed by atoms with Gasteiger partial charge in [0.25, 0.3) is 0 Å². The number of halogens is 1. The van der Waals surface area contributed by atoms with Gasteiger partial charge >= 0.3 is 0 Å². The zero-order valence-electron chi connectivity index (χ0n) is 15.6. The summed E-state index contributed by atoms with van der Waals surface area (Å²) in [5.74, 6) is 3.59. The van der Waals surface area contributed by atoms with Crippen molar-refractivity contribution in [1.29, 1.82) is 0 Å². The molecule has 0 saturated carbocycles. The van der Waals surface area contributed by atoms with Crippen LogP contribution in [0.5, 0.6) is 0 Å². The summed E-state index contributed by atoms with van der Waals surface area (Å²) in [6.45, 7) is 10.4. The topological polar surface area (TPSA) is 85.6 Å². The molecule has 2 N–H and O–H groups in total. The minimum atomic E-state index is 0. The van der Waals surface area contributed by atoms with Gasteiger partial charge in [-0.15, -0.1) is 29.1 Å². The van der Waals surface area contributed by atoms with Gasteiger partial charge in [-0.1, -0.05) is 13.8 Å². The normalized spacial score (nSPS) is 16.0. The second-order valence-electron chi connectivity index (χ2n) is 6.67. The molecule has 1 aliphatic heterocycles. The second-order valence-corrected chi connectivity index (χ2v) is 6.67. The molecule has 2 aromatic heterocycles. The Hall–Kier alpha value is -1.62. The lowest BCUT2D eigenvalue weighted by atomic mass is 10.2. The lowest BCUT2D eigenvalue weighted by Crippen LogP contribution is -2.52. The molecule has 0 amide bonds. The SMILES string of the molecule is CN=C(NCc1nc(-c2ccco2)n[nH]1)N1CCN(CC(C)C)CC1.I. The molecule has 3 rings (SSSR count). The van der Waals surface area contributed by atoms with Gasteiger partial charge in [0.05, 0.1) is 12.8 Å². The van der Waals surface area contributed by atoms with Crippen LogP contribution in [0, 0.1) is 5.92 Å². The summed E-state index contributed by atoms with van der Waals surface area (Å²) in [7, 11) is 1.82. The molecule has 8 nitrogen and oxygen atoms in total. The number of piperazine rings is 1. The van der Waals surface area contributed by atoms with Crippen LogP contribution in [0.15, 0.2) is 27.8 Å². The molecule has 2 aromatic rings. The third-order valence-corrected chi connectivity index (χ3v) is 4.19. The number of nitrogens with one attached hydrogen (secondary N) is 2. The maximum atomic E-state index is 5.31. The number of hydrogen-bond acceptors (Lipinski definition) is 5. The van der Waals surface area contributed by atoms with Gasteiger partial charge in [0.1, 0.15) is 5.82 Å². The van der Waals surface area contributed by atoms with Crippen molar-refractivity contribution >= 4 is 29.9 Å². The number of H-pyrrole nitrogens is 1. The van der Waals surface area contributed by atoms with E-state index in [-0.39, 0.29) is 24.0 Å². The number of furan rings is 1. The number of aromatic amines is 1. The number of hydrogen-bond donors (Lipinski definition) is 2.